The fourth-order valence-corrected chi connectivity index (χ4v) is 0.465. The molecule has 0 aliphatic rings. The predicted octanol–water partition coefficient (Wildman–Crippen LogP) is -0.477. The summed E-state index contributed by atoms with van der Waals surface area (Å²) in [4.78, 5) is 20.0. The van der Waals surface area contributed by atoms with Crippen LogP contribution in [0.5, 0.6) is 0 Å². The summed E-state index contributed by atoms with van der Waals surface area (Å²) in [6, 6.07) is -0.962. The molecule has 0 saturated heterocycles. The van der Waals surface area contributed by atoms with E-state index in [0.29, 0.717) is 0 Å². The lowest BCUT2D eigenvalue weighted by Crippen LogP contribution is -2.22. The molecule has 3 N–H and O–H groups in total. The summed E-state index contributed by atoms with van der Waals surface area (Å²) >= 11 is 0. The Morgan fingerprint density at radius 1 is 1.77 bits per heavy atom. The molecule has 0 aromatic carbocycles. The summed E-state index contributed by atoms with van der Waals surface area (Å²) in [6.07, 6.45) is 2.09. The van der Waals surface area contributed by atoms with Crippen LogP contribution in [0.15, 0.2) is 17.3 Å². The molecule has 7 nitrogen and oxygen atoms in total. The average Bonchev–Trinajstić information content (AvgIpc) is 2.04. The van der Waals surface area contributed by atoms with Crippen molar-refractivity contribution in [1.29, 1.82) is 0 Å². The number of nitrogens with two attached hydrogens (primary N) is 1. The summed E-state index contributed by atoms with van der Waals surface area (Å²) in [5, 5.41) is 20.9. The molecule has 1 amide bonds. The first-order valence-electron chi connectivity index (χ1n) is 3.32. The number of amides is 1. The fraction of sp³-hybridized carbons (Fsp3) is 0.333. The van der Waals surface area contributed by atoms with Crippen LogP contribution in [0, 0.1) is 10.1 Å². The molecule has 0 aromatic rings. The minimum Gasteiger partial charge on any atom is -0.410 e. The fourth-order valence-electron chi connectivity index (χ4n) is 0.465. The van der Waals surface area contributed by atoms with E-state index in [2.05, 4.69) is 5.16 Å². The van der Waals surface area contributed by atoms with Crippen molar-refractivity contribution >= 4 is 11.6 Å². The Bertz CT molecular complexity index is 271. The first-order chi connectivity index (χ1) is 5.99. The maximum Gasteiger partial charge on any atom is 0.270 e. The Morgan fingerprint density at radius 2 is 2.31 bits per heavy atom. The number of oxime groups is 1. The van der Waals surface area contributed by atoms with Gasteiger partial charge in [0.15, 0.2) is 5.71 Å². The Kier molecular flexibility index (Phi) is 4.14. The Balaban J connectivity index is 4.42. The second-order valence-corrected chi connectivity index (χ2v) is 2.23. The second-order valence-electron chi connectivity index (χ2n) is 2.23. The van der Waals surface area contributed by atoms with E-state index in [-0.39, 0.29) is 0 Å². The summed E-state index contributed by atoms with van der Waals surface area (Å²) in [5.41, 5.74) is 4.34. The normalized spacial score (nSPS) is 14.4. The number of primary amides is 1. The van der Waals surface area contributed by atoms with Crippen molar-refractivity contribution in [2.45, 2.75) is 13.0 Å². The highest BCUT2D eigenvalue weighted by molar-refractivity contribution is 6.42. The Morgan fingerprint density at radius 3 is 2.62 bits per heavy atom. The van der Waals surface area contributed by atoms with Crippen molar-refractivity contribution in [1.82, 2.24) is 0 Å². The van der Waals surface area contributed by atoms with Gasteiger partial charge in [0, 0.05) is 11.8 Å². The summed E-state index contributed by atoms with van der Waals surface area (Å²) in [6.45, 7) is 1.31. The molecule has 0 aliphatic carbocycles. The third-order valence-electron chi connectivity index (χ3n) is 1.23. The van der Waals surface area contributed by atoms with E-state index in [1.54, 1.807) is 0 Å². The molecular weight excluding hydrogens is 178 g/mol. The molecule has 7 heteroatoms. The van der Waals surface area contributed by atoms with Gasteiger partial charge in [0.25, 0.3) is 5.91 Å². The summed E-state index contributed by atoms with van der Waals surface area (Å²) in [5.74, 6) is -0.950. The van der Waals surface area contributed by atoms with E-state index in [0.717, 1.165) is 12.2 Å². The quantitative estimate of drug-likeness (QED) is 0.267. The Labute approximate surface area is 73.7 Å². The lowest BCUT2D eigenvalue weighted by Gasteiger charge is -1.95. The third-order valence-corrected chi connectivity index (χ3v) is 1.23. The monoisotopic (exact) mass is 187 g/mol. The number of rotatable bonds is 4. The highest BCUT2D eigenvalue weighted by Gasteiger charge is 2.09. The molecule has 0 radical (unpaired) electrons. The van der Waals surface area contributed by atoms with Crippen molar-refractivity contribution in [2.24, 2.45) is 10.9 Å². The van der Waals surface area contributed by atoms with Gasteiger partial charge in [-0.3, -0.25) is 14.9 Å². The van der Waals surface area contributed by atoms with Gasteiger partial charge in [-0.05, 0) is 12.2 Å². The number of nitro groups is 1. The van der Waals surface area contributed by atoms with E-state index in [1.165, 1.54) is 6.92 Å². The minimum atomic E-state index is -0.962. The van der Waals surface area contributed by atoms with Gasteiger partial charge in [0.1, 0.15) is 0 Å². The van der Waals surface area contributed by atoms with Crippen LogP contribution in [0.25, 0.3) is 0 Å². The van der Waals surface area contributed by atoms with Crippen LogP contribution in [-0.4, -0.2) is 27.8 Å². The summed E-state index contributed by atoms with van der Waals surface area (Å²) in [7, 11) is 0. The highest BCUT2D eigenvalue weighted by atomic mass is 16.6. The van der Waals surface area contributed by atoms with Gasteiger partial charge in [0.2, 0.25) is 6.04 Å². The van der Waals surface area contributed by atoms with Gasteiger partial charge in [-0.25, -0.2) is 0 Å². The molecule has 1 atom stereocenters. The highest BCUT2D eigenvalue weighted by Crippen LogP contribution is 1.91. The number of carbonyl (C=O) groups excluding carboxylic acids is 1. The molecule has 0 aromatic heterocycles. The largest absolute Gasteiger partial charge is 0.410 e. The van der Waals surface area contributed by atoms with Crippen molar-refractivity contribution in [3.63, 3.8) is 0 Å². The molecular formula is C6H9N3O4. The van der Waals surface area contributed by atoms with Gasteiger partial charge in [-0.1, -0.05) is 5.16 Å². The number of hydrogen-bond acceptors (Lipinski definition) is 5. The molecule has 0 aliphatic heterocycles. The zero-order valence-corrected chi connectivity index (χ0v) is 6.88. The molecule has 0 fully saturated rings. The standard InChI is InChI=1S/C6H9N3O4/c1-4(9(12)13)2-3-5(8-11)6(7)10/h2-4,11H,1H3,(H2,7,10)/b3-2+,8-5+/t4-/m0/s1. The average molecular weight is 187 g/mol. The van der Waals surface area contributed by atoms with Gasteiger partial charge >= 0.3 is 0 Å². The van der Waals surface area contributed by atoms with Crippen LogP contribution in [0.4, 0.5) is 0 Å². The van der Waals surface area contributed by atoms with Crippen molar-refractivity contribution in [3.8, 4) is 0 Å². The van der Waals surface area contributed by atoms with Gasteiger partial charge < -0.3 is 10.9 Å². The predicted molar refractivity (Wildman–Crippen MR) is 44.0 cm³/mol. The smallest absolute Gasteiger partial charge is 0.270 e. The second kappa shape index (κ2) is 4.86. The van der Waals surface area contributed by atoms with Crippen molar-refractivity contribution < 1.29 is 14.9 Å². The lowest BCUT2D eigenvalue weighted by molar-refractivity contribution is -0.504. The van der Waals surface area contributed by atoms with Crippen LogP contribution in [0.1, 0.15) is 6.92 Å². The van der Waals surface area contributed by atoms with Crippen LogP contribution in [0.3, 0.4) is 0 Å². The lowest BCUT2D eigenvalue weighted by atomic mass is 10.2. The minimum absolute atomic E-state index is 0.422. The SMILES string of the molecule is C[C@@H](/C=C/C(=N\O)C(N)=O)[N+](=O)[O-]. The van der Waals surface area contributed by atoms with E-state index >= 15 is 0 Å². The molecule has 0 spiro atoms. The van der Waals surface area contributed by atoms with Crippen LogP contribution >= 0.6 is 0 Å². The topological polar surface area (TPSA) is 119 Å². The molecule has 13 heavy (non-hydrogen) atoms. The van der Waals surface area contributed by atoms with Gasteiger partial charge in [0.05, 0.1) is 0 Å². The zero-order valence-electron chi connectivity index (χ0n) is 6.88. The molecule has 0 heterocycles. The maximum absolute atomic E-state index is 10.4. The number of carbonyl (C=O) groups is 1. The van der Waals surface area contributed by atoms with Crippen molar-refractivity contribution in [3.05, 3.63) is 22.3 Å². The van der Waals surface area contributed by atoms with E-state index in [9.17, 15) is 14.9 Å². The van der Waals surface area contributed by atoms with Crippen molar-refractivity contribution in [2.75, 3.05) is 0 Å². The van der Waals surface area contributed by atoms with Crippen LogP contribution < -0.4 is 5.73 Å². The van der Waals surface area contributed by atoms with E-state index in [4.69, 9.17) is 10.9 Å². The molecule has 0 saturated carbocycles. The van der Waals surface area contributed by atoms with Crippen LogP contribution in [-0.2, 0) is 4.79 Å². The number of nitrogens with zero attached hydrogens (tertiary/aromatic N) is 2. The molecule has 0 rings (SSSR count). The maximum atomic E-state index is 10.4. The zero-order chi connectivity index (χ0) is 10.4. The molecule has 0 bridgehead atoms. The van der Waals surface area contributed by atoms with Crippen LogP contribution in [0.2, 0.25) is 0 Å². The summed E-state index contributed by atoms with van der Waals surface area (Å²) < 4.78 is 0. The first kappa shape index (κ1) is 11.1. The molecule has 72 valence electrons. The first-order valence-corrected chi connectivity index (χ1v) is 3.32. The van der Waals surface area contributed by atoms with E-state index < -0.39 is 22.6 Å². The van der Waals surface area contributed by atoms with E-state index in [1.807, 2.05) is 0 Å². The Hall–Kier alpha value is -1.92. The van der Waals surface area contributed by atoms with Gasteiger partial charge in [-0.15, -0.1) is 0 Å². The molecule has 0 unspecified atom stereocenters. The third kappa shape index (κ3) is 3.85. The number of hydrogen-bond donors (Lipinski definition) is 2. The van der Waals surface area contributed by atoms with Gasteiger partial charge in [-0.2, -0.15) is 0 Å².